The minimum Gasteiger partial charge on any atom is -0.317 e. The van der Waals surface area contributed by atoms with Crippen molar-refractivity contribution in [2.45, 2.75) is 52.6 Å². The van der Waals surface area contributed by atoms with Crippen LogP contribution in [0.5, 0.6) is 0 Å². The molecule has 0 fully saturated rings. The summed E-state index contributed by atoms with van der Waals surface area (Å²) in [4.78, 5) is 36.2. The molecule has 3 aromatic heterocycles. The zero-order valence-corrected chi connectivity index (χ0v) is 14.7. The van der Waals surface area contributed by atoms with Crippen LogP contribution in [0.2, 0.25) is 0 Å². The molecule has 3 aromatic rings. The van der Waals surface area contributed by atoms with Crippen molar-refractivity contribution in [1.82, 2.24) is 24.1 Å². The first-order valence-electron chi connectivity index (χ1n) is 8.82. The number of unbranched alkanes of at least 4 members (excludes halogenated alkanes) is 2. The largest absolute Gasteiger partial charge is 0.330 e. The molecule has 0 aliphatic rings. The van der Waals surface area contributed by atoms with E-state index in [9.17, 15) is 9.59 Å². The molecule has 0 bridgehead atoms. The predicted molar refractivity (Wildman–Crippen MR) is 97.7 cm³/mol. The molecule has 0 spiro atoms. The van der Waals surface area contributed by atoms with Gasteiger partial charge in [0.2, 0.25) is 0 Å². The molecule has 0 aliphatic carbocycles. The van der Waals surface area contributed by atoms with E-state index < -0.39 is 11.2 Å². The third-order valence-electron chi connectivity index (χ3n) is 4.25. The van der Waals surface area contributed by atoms with Crippen LogP contribution in [0.15, 0.2) is 34.0 Å². The first kappa shape index (κ1) is 17.1. The van der Waals surface area contributed by atoms with Crippen LogP contribution >= 0.6 is 0 Å². The highest BCUT2D eigenvalue weighted by atomic mass is 16.2. The molecule has 0 unspecified atom stereocenters. The number of fused-ring (bicyclic) bond motifs is 1. The molecule has 0 aliphatic heterocycles. The third kappa shape index (κ3) is 3.26. The summed E-state index contributed by atoms with van der Waals surface area (Å²) in [6.45, 7) is 5.36. The van der Waals surface area contributed by atoms with Gasteiger partial charge in [-0.1, -0.05) is 32.8 Å². The quantitative estimate of drug-likeness (QED) is 0.715. The Kier molecular flexibility index (Phi) is 5.11. The van der Waals surface area contributed by atoms with E-state index in [1.54, 1.807) is 10.8 Å². The molecule has 0 saturated carbocycles. The lowest BCUT2D eigenvalue weighted by Gasteiger charge is -2.08. The van der Waals surface area contributed by atoms with Crippen LogP contribution in [0.25, 0.3) is 22.7 Å². The van der Waals surface area contributed by atoms with Gasteiger partial charge in [-0.2, -0.15) is 0 Å². The Morgan fingerprint density at radius 1 is 1.04 bits per heavy atom. The molecule has 0 radical (unpaired) electrons. The first-order valence-corrected chi connectivity index (χ1v) is 8.82. The molecule has 0 amide bonds. The number of H-pyrrole nitrogens is 1. The van der Waals surface area contributed by atoms with Crippen LogP contribution < -0.4 is 11.2 Å². The SMILES string of the molecule is CCCCn1c(-c2ccccn2)nc2c1c(=O)[nH]c(=O)n2CCCC. The molecule has 0 aromatic carbocycles. The van der Waals surface area contributed by atoms with E-state index in [0.29, 0.717) is 35.8 Å². The van der Waals surface area contributed by atoms with Gasteiger partial charge in [0.25, 0.3) is 5.56 Å². The zero-order chi connectivity index (χ0) is 17.8. The lowest BCUT2D eigenvalue weighted by atomic mass is 10.3. The smallest absolute Gasteiger partial charge is 0.317 e. The highest BCUT2D eigenvalue weighted by Crippen LogP contribution is 2.21. The van der Waals surface area contributed by atoms with Gasteiger partial charge in [-0.05, 0) is 25.0 Å². The van der Waals surface area contributed by atoms with Crippen LogP contribution in [0.1, 0.15) is 39.5 Å². The molecule has 25 heavy (non-hydrogen) atoms. The molecule has 0 atom stereocenters. The Hall–Kier alpha value is -2.70. The lowest BCUT2D eigenvalue weighted by molar-refractivity contribution is 0.611. The predicted octanol–water partition coefficient (Wildman–Crippen LogP) is 2.55. The van der Waals surface area contributed by atoms with Crippen LogP contribution in [0.4, 0.5) is 0 Å². The molecule has 3 rings (SSSR count). The van der Waals surface area contributed by atoms with Crippen LogP contribution in [-0.4, -0.2) is 24.1 Å². The topological polar surface area (TPSA) is 85.6 Å². The number of hydrogen-bond acceptors (Lipinski definition) is 4. The van der Waals surface area contributed by atoms with Crippen molar-refractivity contribution >= 4 is 11.2 Å². The summed E-state index contributed by atoms with van der Waals surface area (Å²) in [5.74, 6) is 0.630. The Bertz CT molecular complexity index is 969. The number of aromatic amines is 1. The van der Waals surface area contributed by atoms with E-state index in [4.69, 9.17) is 0 Å². The van der Waals surface area contributed by atoms with Gasteiger partial charge in [-0.25, -0.2) is 9.78 Å². The number of aromatic nitrogens is 5. The fourth-order valence-electron chi connectivity index (χ4n) is 2.92. The average molecular weight is 341 g/mol. The Balaban J connectivity index is 2.30. The summed E-state index contributed by atoms with van der Waals surface area (Å²) in [6, 6.07) is 5.60. The number of rotatable bonds is 7. The number of nitrogens with zero attached hydrogens (tertiary/aromatic N) is 4. The molecule has 7 nitrogen and oxygen atoms in total. The van der Waals surface area contributed by atoms with Crippen molar-refractivity contribution in [3.05, 3.63) is 45.2 Å². The van der Waals surface area contributed by atoms with Gasteiger partial charge < -0.3 is 4.57 Å². The van der Waals surface area contributed by atoms with E-state index in [1.807, 2.05) is 22.8 Å². The number of nitrogens with one attached hydrogen (secondary N) is 1. The van der Waals surface area contributed by atoms with Gasteiger partial charge in [0, 0.05) is 19.3 Å². The summed E-state index contributed by atoms with van der Waals surface area (Å²) in [5, 5.41) is 0. The lowest BCUT2D eigenvalue weighted by Crippen LogP contribution is -2.31. The molecule has 132 valence electrons. The van der Waals surface area contributed by atoms with Crippen molar-refractivity contribution < 1.29 is 0 Å². The van der Waals surface area contributed by atoms with Crippen molar-refractivity contribution in [2.24, 2.45) is 0 Å². The number of pyridine rings is 1. The second-order valence-corrected chi connectivity index (χ2v) is 6.09. The average Bonchev–Trinajstić information content (AvgIpc) is 3.00. The van der Waals surface area contributed by atoms with Crippen LogP contribution in [-0.2, 0) is 13.1 Å². The first-order chi connectivity index (χ1) is 12.2. The van der Waals surface area contributed by atoms with Gasteiger partial charge in [-0.15, -0.1) is 0 Å². The van der Waals surface area contributed by atoms with Crippen molar-refractivity contribution in [3.8, 4) is 11.5 Å². The van der Waals surface area contributed by atoms with Gasteiger partial charge in [0.15, 0.2) is 17.0 Å². The number of aryl methyl sites for hydroxylation is 2. The summed E-state index contributed by atoms with van der Waals surface area (Å²) < 4.78 is 3.46. The van der Waals surface area contributed by atoms with Crippen molar-refractivity contribution in [1.29, 1.82) is 0 Å². The summed E-state index contributed by atoms with van der Waals surface area (Å²) in [5.41, 5.74) is 0.796. The minimum atomic E-state index is -0.404. The molecule has 7 heteroatoms. The highest BCUT2D eigenvalue weighted by molar-refractivity contribution is 5.76. The van der Waals surface area contributed by atoms with Gasteiger partial charge >= 0.3 is 5.69 Å². The molecular formula is C18H23N5O2. The zero-order valence-electron chi connectivity index (χ0n) is 14.7. The van der Waals surface area contributed by atoms with Gasteiger partial charge in [0.05, 0.1) is 0 Å². The van der Waals surface area contributed by atoms with E-state index in [1.165, 1.54) is 0 Å². The molecular weight excluding hydrogens is 318 g/mol. The van der Waals surface area contributed by atoms with Crippen LogP contribution in [0.3, 0.4) is 0 Å². The second-order valence-electron chi connectivity index (χ2n) is 6.09. The van der Waals surface area contributed by atoms with Crippen molar-refractivity contribution in [3.63, 3.8) is 0 Å². The maximum atomic E-state index is 12.5. The van der Waals surface area contributed by atoms with E-state index in [0.717, 1.165) is 25.7 Å². The second kappa shape index (κ2) is 7.46. The van der Waals surface area contributed by atoms with Gasteiger partial charge in [0.1, 0.15) is 5.69 Å². The van der Waals surface area contributed by atoms with Gasteiger partial charge in [-0.3, -0.25) is 19.3 Å². The Labute approximate surface area is 145 Å². The fourth-order valence-corrected chi connectivity index (χ4v) is 2.92. The number of hydrogen-bond donors (Lipinski definition) is 1. The van der Waals surface area contributed by atoms with Crippen LogP contribution in [0, 0.1) is 0 Å². The summed E-state index contributed by atoms with van der Waals surface area (Å²) >= 11 is 0. The molecule has 3 heterocycles. The Morgan fingerprint density at radius 3 is 2.40 bits per heavy atom. The third-order valence-corrected chi connectivity index (χ3v) is 4.25. The normalized spacial score (nSPS) is 11.3. The Morgan fingerprint density at radius 2 is 1.76 bits per heavy atom. The maximum absolute atomic E-state index is 12.5. The monoisotopic (exact) mass is 341 g/mol. The summed E-state index contributed by atoms with van der Waals surface area (Å²) in [6.07, 6.45) is 5.42. The molecule has 0 saturated heterocycles. The highest BCUT2D eigenvalue weighted by Gasteiger charge is 2.19. The minimum absolute atomic E-state index is 0.390. The number of imidazole rings is 1. The van der Waals surface area contributed by atoms with E-state index in [2.05, 4.69) is 28.8 Å². The fraction of sp³-hybridized carbons (Fsp3) is 0.444. The maximum Gasteiger partial charge on any atom is 0.330 e. The summed E-state index contributed by atoms with van der Waals surface area (Å²) in [7, 11) is 0. The van der Waals surface area contributed by atoms with E-state index in [-0.39, 0.29) is 0 Å². The standard InChI is InChI=1S/C18H23N5O2/c1-3-5-11-22-14-16(20-15(22)13-9-7-8-10-19-13)23(12-6-4-2)18(25)21-17(14)24/h7-10H,3-6,11-12H2,1-2H3,(H,21,24,25). The molecule has 1 N–H and O–H groups in total. The van der Waals surface area contributed by atoms with E-state index >= 15 is 0 Å². The van der Waals surface area contributed by atoms with Crippen molar-refractivity contribution in [2.75, 3.05) is 0 Å².